The molecule has 0 unspecified atom stereocenters. The number of hydrogen-bond donors (Lipinski definition) is 0. The van der Waals surface area contributed by atoms with Crippen LogP contribution < -0.4 is 0 Å². The van der Waals surface area contributed by atoms with E-state index in [2.05, 4.69) is 0 Å². The zero-order valence-corrected chi connectivity index (χ0v) is 30.2. The average Bonchev–Trinajstić information content (AvgIpc) is 3.18. The van der Waals surface area contributed by atoms with Crippen molar-refractivity contribution < 1.29 is 41.7 Å². The van der Waals surface area contributed by atoms with Crippen LogP contribution in [-0.2, 0) is 27.5 Å². The van der Waals surface area contributed by atoms with Crippen LogP contribution in [0.3, 0.4) is 0 Å². The van der Waals surface area contributed by atoms with Crippen LogP contribution in [0.5, 0.6) is 0 Å². The molecule has 0 saturated carbocycles. The van der Waals surface area contributed by atoms with Crippen molar-refractivity contribution >= 4 is 40.9 Å². The largest absolute Gasteiger partial charge is 0.450 e. The van der Waals surface area contributed by atoms with Crippen molar-refractivity contribution in [3.05, 3.63) is 182 Å². The minimum Gasteiger partial charge on any atom is -0.202 e. The SMILES string of the molecule is O=S(=O)(OS(c1ccccc1)(c1ccccc1)c1ccccc1)C(F)(F)C(F)(F)S(=O)(=O)OS(c1ccccc1)(c1ccccc1)c1ccccc1. The Labute approximate surface area is 303 Å². The molecule has 0 atom stereocenters. The normalized spacial score (nSPS) is 13.7. The summed E-state index contributed by atoms with van der Waals surface area (Å²) in [5.74, 6) is 0. The van der Waals surface area contributed by atoms with Gasteiger partial charge in [0.25, 0.3) is 0 Å². The molecular formula is C38H30F4O6S4. The minimum atomic E-state index is -6.85. The lowest BCUT2D eigenvalue weighted by atomic mass is 10.4. The van der Waals surface area contributed by atoms with E-state index in [4.69, 9.17) is 7.26 Å². The fraction of sp³-hybridized carbons (Fsp3) is 0.0526. The topological polar surface area (TPSA) is 86.7 Å². The molecule has 6 rings (SSSR count). The molecule has 0 bridgehead atoms. The summed E-state index contributed by atoms with van der Waals surface area (Å²) in [6.07, 6.45) is 0. The Balaban J connectivity index is 1.53. The third-order valence-electron chi connectivity index (χ3n) is 7.80. The summed E-state index contributed by atoms with van der Waals surface area (Å²) in [6, 6.07) is 44.6. The van der Waals surface area contributed by atoms with Crippen LogP contribution in [0.2, 0.25) is 0 Å². The monoisotopic (exact) mass is 786 g/mol. The summed E-state index contributed by atoms with van der Waals surface area (Å²) in [6.45, 7) is 0. The van der Waals surface area contributed by atoms with E-state index in [9.17, 15) is 16.8 Å². The molecule has 0 spiro atoms. The van der Waals surface area contributed by atoms with E-state index in [1.165, 1.54) is 146 Å². The van der Waals surface area contributed by atoms with Crippen molar-refractivity contribution in [1.29, 1.82) is 0 Å². The fourth-order valence-corrected chi connectivity index (χ4v) is 16.2. The Morgan fingerprint density at radius 3 is 0.615 bits per heavy atom. The first-order chi connectivity index (χ1) is 24.8. The zero-order chi connectivity index (χ0) is 37.1. The van der Waals surface area contributed by atoms with E-state index in [1.54, 1.807) is 36.4 Å². The quantitative estimate of drug-likeness (QED) is 0.108. The van der Waals surface area contributed by atoms with Crippen LogP contribution in [0.15, 0.2) is 211 Å². The van der Waals surface area contributed by atoms with Gasteiger partial charge in [0, 0.05) is 29.4 Å². The molecule has 270 valence electrons. The van der Waals surface area contributed by atoms with Crippen molar-refractivity contribution in [3.8, 4) is 0 Å². The van der Waals surface area contributed by atoms with Gasteiger partial charge in [0.1, 0.15) is 0 Å². The molecule has 0 aliphatic rings. The molecule has 0 fully saturated rings. The maximum Gasteiger partial charge on any atom is 0.450 e. The lowest BCUT2D eigenvalue weighted by Gasteiger charge is -2.42. The second kappa shape index (κ2) is 14.5. The first-order valence-electron chi connectivity index (χ1n) is 15.4. The summed E-state index contributed by atoms with van der Waals surface area (Å²) in [5.41, 5.74) is 0. The molecule has 6 aromatic carbocycles. The van der Waals surface area contributed by atoms with E-state index in [1.807, 2.05) is 0 Å². The Kier molecular flexibility index (Phi) is 10.4. The summed E-state index contributed by atoms with van der Waals surface area (Å²) in [4.78, 5) is 0.388. The maximum atomic E-state index is 16.4. The number of alkyl halides is 4. The molecule has 0 N–H and O–H groups in total. The Bertz CT molecular complexity index is 1960. The number of hydrogen-bond acceptors (Lipinski definition) is 6. The first-order valence-corrected chi connectivity index (χ1v) is 21.4. The van der Waals surface area contributed by atoms with Crippen LogP contribution in [0.1, 0.15) is 0 Å². The van der Waals surface area contributed by atoms with Gasteiger partial charge < -0.3 is 0 Å². The molecule has 0 aliphatic carbocycles. The third-order valence-corrected chi connectivity index (χ3v) is 18.4. The summed E-state index contributed by atoms with van der Waals surface area (Å²) in [7, 11) is -21.2. The Morgan fingerprint density at radius 2 is 0.462 bits per heavy atom. The highest BCUT2D eigenvalue weighted by atomic mass is 32.3. The lowest BCUT2D eigenvalue weighted by molar-refractivity contribution is -0.104. The minimum absolute atomic E-state index is 0.0647. The van der Waals surface area contributed by atoms with E-state index < -0.39 is 51.4 Å². The van der Waals surface area contributed by atoms with Gasteiger partial charge >= 0.3 is 30.7 Å². The first kappa shape index (κ1) is 37.3. The van der Waals surface area contributed by atoms with Gasteiger partial charge in [-0.3, -0.25) is 0 Å². The second-order valence-corrected chi connectivity index (χ2v) is 20.1. The number of halogens is 4. The van der Waals surface area contributed by atoms with Crippen molar-refractivity contribution in [3.63, 3.8) is 0 Å². The predicted molar refractivity (Wildman–Crippen MR) is 193 cm³/mol. The highest BCUT2D eigenvalue weighted by molar-refractivity contribution is 8.34. The van der Waals surface area contributed by atoms with Crippen LogP contribution in [0.25, 0.3) is 0 Å². The van der Waals surface area contributed by atoms with E-state index in [0.717, 1.165) is 0 Å². The van der Waals surface area contributed by atoms with Gasteiger partial charge in [-0.2, -0.15) is 34.4 Å². The number of rotatable bonds is 13. The summed E-state index contributed by atoms with van der Waals surface area (Å²) >= 11 is 0. The third kappa shape index (κ3) is 6.44. The zero-order valence-electron chi connectivity index (χ0n) is 26.9. The van der Waals surface area contributed by atoms with Gasteiger partial charge in [0.05, 0.1) is 0 Å². The van der Waals surface area contributed by atoms with Crippen molar-refractivity contribution in [2.45, 2.75) is 39.9 Å². The lowest BCUT2D eigenvalue weighted by Crippen LogP contribution is -2.53. The molecule has 0 aromatic heterocycles. The molecule has 6 nitrogen and oxygen atoms in total. The molecule has 0 saturated heterocycles. The molecule has 0 radical (unpaired) electrons. The number of benzene rings is 6. The van der Waals surface area contributed by atoms with Crippen molar-refractivity contribution in [2.75, 3.05) is 0 Å². The van der Waals surface area contributed by atoms with Gasteiger partial charge in [-0.15, -0.1) is 0 Å². The Morgan fingerprint density at radius 1 is 0.308 bits per heavy atom. The summed E-state index contributed by atoms with van der Waals surface area (Å²) in [5, 5.41) is -12.8. The Hall–Kier alpha value is -4.44. The van der Waals surface area contributed by atoms with Crippen molar-refractivity contribution in [2.24, 2.45) is 0 Å². The van der Waals surface area contributed by atoms with Gasteiger partial charge in [-0.05, 0) is 93.4 Å². The van der Waals surface area contributed by atoms with Crippen LogP contribution in [0.4, 0.5) is 17.6 Å². The highest BCUT2D eigenvalue weighted by Crippen LogP contribution is 2.73. The van der Waals surface area contributed by atoms with Crippen LogP contribution >= 0.6 is 20.6 Å². The standard InChI is InChI=1S/C38H30F4O6S4/c39-37(40,51(43,44)47-49(31-19-7-1-8-20-31,32-21-9-2-10-22-32)33-23-11-3-12-24-33)38(41,42)52(45,46)48-50(34-25-13-4-14-26-34,35-27-15-5-16-28-35)36-29-17-6-18-30-36/h1-30H. The van der Waals surface area contributed by atoms with Crippen LogP contribution in [-0.4, -0.2) is 27.3 Å². The van der Waals surface area contributed by atoms with Crippen LogP contribution in [0, 0.1) is 0 Å². The van der Waals surface area contributed by atoms with Gasteiger partial charge in [-0.25, -0.2) is 7.26 Å². The van der Waals surface area contributed by atoms with Crippen molar-refractivity contribution in [1.82, 2.24) is 0 Å². The average molecular weight is 787 g/mol. The van der Waals surface area contributed by atoms with Gasteiger partial charge in [0.2, 0.25) is 0 Å². The second-order valence-electron chi connectivity index (χ2n) is 11.1. The molecular weight excluding hydrogens is 757 g/mol. The van der Waals surface area contributed by atoms with E-state index in [-0.39, 0.29) is 29.4 Å². The van der Waals surface area contributed by atoms with Gasteiger partial charge in [-0.1, -0.05) is 109 Å². The fourth-order valence-electron chi connectivity index (χ4n) is 5.37. The molecule has 0 aliphatic heterocycles. The van der Waals surface area contributed by atoms with Gasteiger partial charge in [0.15, 0.2) is 0 Å². The maximum absolute atomic E-state index is 16.4. The molecule has 6 aromatic rings. The molecule has 0 amide bonds. The molecule has 0 heterocycles. The van der Waals surface area contributed by atoms with E-state index in [0.29, 0.717) is 0 Å². The molecule has 52 heavy (non-hydrogen) atoms. The predicted octanol–water partition coefficient (Wildman–Crippen LogP) is 10.7. The van der Waals surface area contributed by atoms with E-state index >= 15 is 17.6 Å². The summed E-state index contributed by atoms with van der Waals surface area (Å²) < 4.78 is 132. The smallest absolute Gasteiger partial charge is 0.202 e. The highest BCUT2D eigenvalue weighted by Gasteiger charge is 2.76. The molecule has 14 heteroatoms.